The Morgan fingerprint density at radius 2 is 2.17 bits per heavy atom. The van der Waals surface area contributed by atoms with E-state index in [9.17, 15) is 9.59 Å². The first-order valence-electron chi connectivity index (χ1n) is 7.37. The van der Waals surface area contributed by atoms with Gasteiger partial charge in [0.05, 0.1) is 0 Å². The molecule has 0 spiro atoms. The number of hydrogen-bond donors (Lipinski definition) is 1. The summed E-state index contributed by atoms with van der Waals surface area (Å²) in [7, 11) is 0. The summed E-state index contributed by atoms with van der Waals surface area (Å²) >= 11 is 1.28. The van der Waals surface area contributed by atoms with E-state index in [1.54, 1.807) is 17.2 Å². The van der Waals surface area contributed by atoms with Gasteiger partial charge in [0, 0.05) is 17.6 Å². The summed E-state index contributed by atoms with van der Waals surface area (Å²) in [6.45, 7) is 2.35. The third-order valence-electron chi connectivity index (χ3n) is 3.74. The molecule has 0 fully saturated rings. The lowest BCUT2D eigenvalue weighted by Gasteiger charge is -2.28. The highest BCUT2D eigenvalue weighted by atomic mass is 32.1. The van der Waals surface area contributed by atoms with Gasteiger partial charge in [0.1, 0.15) is 10.7 Å². The van der Waals surface area contributed by atoms with E-state index in [0.29, 0.717) is 17.2 Å². The number of hydrogen-bond acceptors (Lipinski definition) is 5. The molecule has 7 heteroatoms. The summed E-state index contributed by atoms with van der Waals surface area (Å²) in [5, 5.41) is 2.24. The van der Waals surface area contributed by atoms with E-state index in [-0.39, 0.29) is 5.91 Å². The lowest BCUT2D eigenvalue weighted by Crippen LogP contribution is -2.35. The number of rotatable bonds is 3. The molecule has 2 heterocycles. The van der Waals surface area contributed by atoms with Crippen molar-refractivity contribution in [2.75, 3.05) is 11.4 Å². The zero-order valence-corrected chi connectivity index (χ0v) is 13.5. The number of aromatic nitrogens is 1. The monoisotopic (exact) mass is 331 g/mol. The zero-order chi connectivity index (χ0) is 16.4. The van der Waals surface area contributed by atoms with Gasteiger partial charge in [-0.25, -0.2) is 9.78 Å². The van der Waals surface area contributed by atoms with Crippen molar-refractivity contribution in [2.45, 2.75) is 25.9 Å². The molecule has 1 aliphatic heterocycles. The highest BCUT2D eigenvalue weighted by Gasteiger charge is 2.26. The first-order valence-corrected chi connectivity index (χ1v) is 8.25. The Labute approximate surface area is 137 Å². The number of nitrogens with zero attached hydrogens (tertiary/aromatic N) is 2. The second-order valence-electron chi connectivity index (χ2n) is 5.34. The maximum atomic E-state index is 12.8. The van der Waals surface area contributed by atoms with Crippen LogP contribution in [0.5, 0.6) is 0 Å². The van der Waals surface area contributed by atoms with Crippen molar-refractivity contribution < 1.29 is 14.3 Å². The summed E-state index contributed by atoms with van der Waals surface area (Å²) in [5.74, 6) is -0.133. The van der Waals surface area contributed by atoms with Crippen molar-refractivity contribution >= 4 is 29.0 Å². The Balaban J connectivity index is 1.82. The first kappa shape index (κ1) is 15.5. The molecule has 2 aromatic rings. The number of carbonyl (C=O) groups excluding carboxylic acids is 2. The molecule has 0 radical (unpaired) electrons. The topological polar surface area (TPSA) is 85.5 Å². The van der Waals surface area contributed by atoms with Gasteiger partial charge in [-0.2, -0.15) is 0 Å². The van der Waals surface area contributed by atoms with E-state index < -0.39 is 12.2 Å². The van der Waals surface area contributed by atoms with Crippen molar-refractivity contribution in [3.8, 4) is 0 Å². The van der Waals surface area contributed by atoms with E-state index in [0.717, 1.165) is 18.5 Å². The Kier molecular flexibility index (Phi) is 4.29. The number of benzene rings is 1. The smallest absolute Gasteiger partial charge is 0.405 e. The minimum atomic E-state index is -0.856. The van der Waals surface area contributed by atoms with Gasteiger partial charge in [-0.1, -0.05) is 18.2 Å². The fourth-order valence-electron chi connectivity index (χ4n) is 2.68. The van der Waals surface area contributed by atoms with Gasteiger partial charge >= 0.3 is 6.09 Å². The van der Waals surface area contributed by atoms with Crippen LogP contribution in [0.25, 0.3) is 0 Å². The van der Waals surface area contributed by atoms with Crippen LogP contribution in [0, 0.1) is 0 Å². The molecule has 2 N–H and O–H groups in total. The SMILES string of the molecule is CC(OC(N)=O)c1nc(C(=O)N2CCCc3ccccc32)cs1. The Morgan fingerprint density at radius 3 is 2.96 bits per heavy atom. The van der Waals surface area contributed by atoms with Gasteiger partial charge in [-0.15, -0.1) is 11.3 Å². The molecule has 1 aromatic carbocycles. The predicted molar refractivity (Wildman–Crippen MR) is 87.6 cm³/mol. The number of amides is 2. The van der Waals surface area contributed by atoms with Gasteiger partial charge in [-0.3, -0.25) is 4.79 Å². The van der Waals surface area contributed by atoms with Crippen LogP contribution in [0.1, 0.15) is 40.5 Å². The summed E-state index contributed by atoms with van der Waals surface area (Å²) in [6.07, 6.45) is 0.491. The number of ether oxygens (including phenoxy) is 1. The normalized spacial score (nSPS) is 14.9. The highest BCUT2D eigenvalue weighted by molar-refractivity contribution is 7.09. The second kappa shape index (κ2) is 6.37. The quantitative estimate of drug-likeness (QED) is 0.937. The molecule has 1 atom stereocenters. The molecule has 120 valence electrons. The van der Waals surface area contributed by atoms with Crippen molar-refractivity contribution in [3.05, 3.63) is 45.9 Å². The zero-order valence-electron chi connectivity index (χ0n) is 12.7. The van der Waals surface area contributed by atoms with Crippen LogP contribution in [-0.4, -0.2) is 23.5 Å². The van der Waals surface area contributed by atoms with E-state index in [4.69, 9.17) is 10.5 Å². The molecule has 2 amide bonds. The number of primary amides is 1. The van der Waals surface area contributed by atoms with Crippen LogP contribution in [0.3, 0.4) is 0 Å². The third-order valence-corrected chi connectivity index (χ3v) is 4.74. The highest BCUT2D eigenvalue weighted by Crippen LogP contribution is 2.29. The molecule has 3 rings (SSSR count). The average Bonchev–Trinajstić information content (AvgIpc) is 3.03. The first-order chi connectivity index (χ1) is 11.1. The number of carbonyl (C=O) groups is 2. The van der Waals surface area contributed by atoms with E-state index in [2.05, 4.69) is 4.98 Å². The van der Waals surface area contributed by atoms with Crippen LogP contribution in [0.15, 0.2) is 29.6 Å². The van der Waals surface area contributed by atoms with Crippen molar-refractivity contribution in [3.63, 3.8) is 0 Å². The Hall–Kier alpha value is -2.41. The fourth-order valence-corrected chi connectivity index (χ4v) is 3.46. The van der Waals surface area contributed by atoms with E-state index >= 15 is 0 Å². The Morgan fingerprint density at radius 1 is 1.39 bits per heavy atom. The molecule has 0 aliphatic carbocycles. The van der Waals surface area contributed by atoms with Gasteiger partial charge < -0.3 is 15.4 Å². The molecule has 0 saturated heterocycles. The largest absolute Gasteiger partial charge is 0.439 e. The van der Waals surface area contributed by atoms with Gasteiger partial charge in [0.25, 0.3) is 5.91 Å². The number of nitrogens with two attached hydrogens (primary N) is 1. The predicted octanol–water partition coefficient (Wildman–Crippen LogP) is 2.89. The second-order valence-corrected chi connectivity index (χ2v) is 6.23. The lowest BCUT2D eigenvalue weighted by molar-refractivity contribution is 0.0980. The van der Waals surface area contributed by atoms with Gasteiger partial charge in [-0.05, 0) is 31.4 Å². The minimum absolute atomic E-state index is 0.133. The van der Waals surface area contributed by atoms with E-state index in [1.165, 1.54) is 16.9 Å². The third kappa shape index (κ3) is 3.19. The molecule has 23 heavy (non-hydrogen) atoms. The number of aryl methyl sites for hydroxylation is 1. The van der Waals surface area contributed by atoms with Crippen LogP contribution >= 0.6 is 11.3 Å². The summed E-state index contributed by atoms with van der Waals surface area (Å²) in [4.78, 5) is 29.6. The average molecular weight is 331 g/mol. The van der Waals surface area contributed by atoms with Crippen LogP contribution in [-0.2, 0) is 11.2 Å². The molecule has 1 aromatic heterocycles. The number of anilines is 1. The van der Waals surface area contributed by atoms with Crippen molar-refractivity contribution in [2.24, 2.45) is 5.73 Å². The van der Waals surface area contributed by atoms with Crippen molar-refractivity contribution in [1.29, 1.82) is 0 Å². The minimum Gasteiger partial charge on any atom is -0.439 e. The maximum absolute atomic E-state index is 12.8. The van der Waals surface area contributed by atoms with Crippen LogP contribution in [0.2, 0.25) is 0 Å². The lowest BCUT2D eigenvalue weighted by atomic mass is 10.0. The molecule has 1 unspecified atom stereocenters. The van der Waals surface area contributed by atoms with Crippen molar-refractivity contribution in [1.82, 2.24) is 4.98 Å². The molecule has 0 bridgehead atoms. The Bertz CT molecular complexity index is 744. The number of para-hydroxylation sites is 1. The standard InChI is InChI=1S/C16H17N3O3S/c1-10(22-16(17)21)14-18-12(9-23-14)15(20)19-8-4-6-11-5-2-3-7-13(11)19/h2-3,5,7,9-10H,4,6,8H2,1H3,(H2,17,21). The number of fused-ring (bicyclic) bond motifs is 1. The summed E-state index contributed by atoms with van der Waals surface area (Å²) < 4.78 is 4.89. The summed E-state index contributed by atoms with van der Waals surface area (Å²) in [5.41, 5.74) is 7.49. The number of thiazole rings is 1. The maximum Gasteiger partial charge on any atom is 0.405 e. The van der Waals surface area contributed by atoms with Crippen LogP contribution in [0.4, 0.5) is 10.5 Å². The van der Waals surface area contributed by atoms with Gasteiger partial charge in [0.2, 0.25) is 0 Å². The molecular formula is C16H17N3O3S. The van der Waals surface area contributed by atoms with E-state index in [1.807, 2.05) is 24.3 Å². The molecule has 0 saturated carbocycles. The molecular weight excluding hydrogens is 314 g/mol. The fraction of sp³-hybridized carbons (Fsp3) is 0.312. The molecule has 1 aliphatic rings. The molecule has 6 nitrogen and oxygen atoms in total. The van der Waals surface area contributed by atoms with Gasteiger partial charge in [0.15, 0.2) is 6.10 Å². The van der Waals surface area contributed by atoms with Crippen LogP contribution < -0.4 is 10.6 Å². The summed E-state index contributed by atoms with van der Waals surface area (Å²) in [6, 6.07) is 7.92.